The number of hydrogen-bond donors (Lipinski definition) is 3. The second-order valence-electron chi connectivity index (χ2n) is 3.05. The highest BCUT2D eigenvalue weighted by Crippen LogP contribution is 2.22. The fourth-order valence-electron chi connectivity index (χ4n) is 1.58. The third-order valence-electron chi connectivity index (χ3n) is 2.12. The summed E-state index contributed by atoms with van der Waals surface area (Å²) in [6, 6.07) is 1.59. The lowest BCUT2D eigenvalue weighted by atomic mass is 10.2. The number of fused-ring (bicyclic) bond motifs is 1. The minimum absolute atomic E-state index is 0.215. The van der Waals surface area contributed by atoms with Crippen molar-refractivity contribution in [3.63, 3.8) is 0 Å². The van der Waals surface area contributed by atoms with Gasteiger partial charge in [0.1, 0.15) is 5.69 Å². The first-order valence-electron chi connectivity index (χ1n) is 3.79. The standard InChI is InChI=1S/C8H9NO3/c10-5-1-4-2-7(8(11)12)9-6(4)3-5/h2,5,9-10H,1,3H2,(H,11,12). The number of carboxylic acids is 1. The van der Waals surface area contributed by atoms with Crippen molar-refractivity contribution < 1.29 is 15.0 Å². The number of carboxylic acid groups (broad SMARTS) is 1. The number of nitrogens with one attached hydrogen (secondary N) is 1. The van der Waals surface area contributed by atoms with Gasteiger partial charge in [0.25, 0.3) is 0 Å². The molecule has 0 bridgehead atoms. The molecule has 0 saturated heterocycles. The molecule has 2 rings (SSSR count). The van der Waals surface area contributed by atoms with Gasteiger partial charge >= 0.3 is 5.97 Å². The van der Waals surface area contributed by atoms with Gasteiger partial charge in [0, 0.05) is 18.5 Å². The number of hydrogen-bond acceptors (Lipinski definition) is 2. The maximum absolute atomic E-state index is 10.5. The zero-order valence-electron chi connectivity index (χ0n) is 6.37. The highest BCUT2D eigenvalue weighted by molar-refractivity contribution is 5.86. The van der Waals surface area contributed by atoms with Crippen molar-refractivity contribution in [1.29, 1.82) is 0 Å². The van der Waals surface area contributed by atoms with Crippen molar-refractivity contribution in [1.82, 2.24) is 4.98 Å². The van der Waals surface area contributed by atoms with E-state index in [9.17, 15) is 9.90 Å². The van der Waals surface area contributed by atoms with Gasteiger partial charge in [-0.1, -0.05) is 0 Å². The Kier molecular flexibility index (Phi) is 1.44. The molecule has 1 aromatic heterocycles. The van der Waals surface area contributed by atoms with Crippen LogP contribution in [0.2, 0.25) is 0 Å². The van der Waals surface area contributed by atoms with Crippen molar-refractivity contribution in [2.75, 3.05) is 0 Å². The number of aliphatic hydroxyl groups is 1. The number of aromatic carboxylic acids is 1. The predicted molar refractivity (Wildman–Crippen MR) is 41.2 cm³/mol. The molecule has 0 amide bonds. The Bertz CT molecular complexity index is 306. The number of aromatic nitrogens is 1. The van der Waals surface area contributed by atoms with Crippen molar-refractivity contribution in [3.8, 4) is 0 Å². The molecule has 1 aromatic rings. The summed E-state index contributed by atoms with van der Waals surface area (Å²) in [6.45, 7) is 0. The van der Waals surface area contributed by atoms with E-state index >= 15 is 0 Å². The molecule has 0 fully saturated rings. The van der Waals surface area contributed by atoms with E-state index in [1.807, 2.05) is 0 Å². The summed E-state index contributed by atoms with van der Waals surface area (Å²) in [5.41, 5.74) is 2.01. The maximum Gasteiger partial charge on any atom is 0.352 e. The quantitative estimate of drug-likeness (QED) is 0.558. The first kappa shape index (κ1) is 7.36. The molecule has 1 unspecified atom stereocenters. The topological polar surface area (TPSA) is 73.3 Å². The van der Waals surface area contributed by atoms with Crippen LogP contribution >= 0.6 is 0 Å². The van der Waals surface area contributed by atoms with Crippen LogP contribution < -0.4 is 0 Å². The van der Waals surface area contributed by atoms with Crippen LogP contribution in [-0.4, -0.2) is 27.3 Å². The van der Waals surface area contributed by atoms with Crippen molar-refractivity contribution in [2.24, 2.45) is 0 Å². The third kappa shape index (κ3) is 1.00. The minimum Gasteiger partial charge on any atom is -0.477 e. The molecule has 0 spiro atoms. The van der Waals surface area contributed by atoms with E-state index < -0.39 is 5.97 Å². The summed E-state index contributed by atoms with van der Waals surface area (Å²) in [6.07, 6.45) is 0.774. The average Bonchev–Trinajstić information content (AvgIpc) is 2.42. The molecular formula is C8H9NO3. The van der Waals surface area contributed by atoms with Crippen LogP contribution in [0.4, 0.5) is 0 Å². The Labute approximate surface area is 68.8 Å². The van der Waals surface area contributed by atoms with Gasteiger partial charge in [-0.05, 0) is 11.6 Å². The fraction of sp³-hybridized carbons (Fsp3) is 0.375. The second kappa shape index (κ2) is 2.35. The van der Waals surface area contributed by atoms with E-state index in [-0.39, 0.29) is 11.8 Å². The highest BCUT2D eigenvalue weighted by Gasteiger charge is 2.23. The minimum atomic E-state index is -0.945. The van der Waals surface area contributed by atoms with Crippen LogP contribution in [0.3, 0.4) is 0 Å². The average molecular weight is 167 g/mol. The SMILES string of the molecule is O=C(O)c1cc2c([nH]1)CC(O)C2. The van der Waals surface area contributed by atoms with Crippen LogP contribution in [0.25, 0.3) is 0 Å². The smallest absolute Gasteiger partial charge is 0.352 e. The molecule has 3 N–H and O–H groups in total. The van der Waals surface area contributed by atoms with Gasteiger partial charge in [0.2, 0.25) is 0 Å². The summed E-state index contributed by atoms with van der Waals surface area (Å²) in [5.74, 6) is -0.945. The molecule has 64 valence electrons. The monoisotopic (exact) mass is 167 g/mol. The van der Waals surface area contributed by atoms with Gasteiger partial charge in [0.15, 0.2) is 0 Å². The van der Waals surface area contributed by atoms with Gasteiger partial charge in [-0.25, -0.2) is 4.79 Å². The van der Waals surface area contributed by atoms with Crippen LogP contribution in [0.1, 0.15) is 21.7 Å². The molecule has 1 heterocycles. The number of aliphatic hydroxyl groups excluding tert-OH is 1. The Morgan fingerprint density at radius 2 is 2.33 bits per heavy atom. The summed E-state index contributed by atoms with van der Waals surface area (Å²) in [7, 11) is 0. The van der Waals surface area contributed by atoms with E-state index in [4.69, 9.17) is 5.11 Å². The molecule has 4 heteroatoms. The molecular weight excluding hydrogens is 158 g/mol. The molecule has 0 radical (unpaired) electrons. The number of H-pyrrole nitrogens is 1. The summed E-state index contributed by atoms with van der Waals surface area (Å²) < 4.78 is 0. The van der Waals surface area contributed by atoms with Crippen molar-refractivity contribution in [2.45, 2.75) is 18.9 Å². The second-order valence-corrected chi connectivity index (χ2v) is 3.05. The molecule has 0 aromatic carbocycles. The first-order valence-corrected chi connectivity index (χ1v) is 3.79. The summed E-state index contributed by atoms with van der Waals surface area (Å²) in [5, 5.41) is 17.8. The van der Waals surface area contributed by atoms with Gasteiger partial charge in [-0.15, -0.1) is 0 Å². The lowest BCUT2D eigenvalue weighted by molar-refractivity contribution is 0.0690. The van der Waals surface area contributed by atoms with Crippen molar-refractivity contribution >= 4 is 5.97 Å². The van der Waals surface area contributed by atoms with Crippen LogP contribution in [0.15, 0.2) is 6.07 Å². The van der Waals surface area contributed by atoms with E-state index in [0.29, 0.717) is 12.8 Å². The lowest BCUT2D eigenvalue weighted by Gasteiger charge is -1.96. The van der Waals surface area contributed by atoms with Crippen LogP contribution in [0, 0.1) is 0 Å². The van der Waals surface area contributed by atoms with Crippen molar-refractivity contribution in [3.05, 3.63) is 23.0 Å². The van der Waals surface area contributed by atoms with Gasteiger partial charge in [-0.2, -0.15) is 0 Å². The molecule has 1 aliphatic rings. The third-order valence-corrected chi connectivity index (χ3v) is 2.12. The Hall–Kier alpha value is -1.29. The van der Waals surface area contributed by atoms with E-state index in [1.54, 1.807) is 6.07 Å². The van der Waals surface area contributed by atoms with Gasteiger partial charge in [0.05, 0.1) is 6.10 Å². The molecule has 0 saturated carbocycles. The normalized spacial score (nSPS) is 20.9. The molecule has 0 aliphatic heterocycles. The van der Waals surface area contributed by atoms with E-state index in [0.717, 1.165) is 11.3 Å². The Morgan fingerprint density at radius 3 is 2.92 bits per heavy atom. The highest BCUT2D eigenvalue weighted by atomic mass is 16.4. The van der Waals surface area contributed by atoms with Crippen LogP contribution in [0.5, 0.6) is 0 Å². The van der Waals surface area contributed by atoms with E-state index in [1.165, 1.54) is 0 Å². The summed E-state index contributed by atoms with van der Waals surface area (Å²) in [4.78, 5) is 13.3. The van der Waals surface area contributed by atoms with Gasteiger partial charge < -0.3 is 15.2 Å². The zero-order valence-corrected chi connectivity index (χ0v) is 6.37. The predicted octanol–water partition coefficient (Wildman–Crippen LogP) is 0.172. The first-order chi connectivity index (χ1) is 5.66. The van der Waals surface area contributed by atoms with E-state index in [2.05, 4.69) is 4.98 Å². The van der Waals surface area contributed by atoms with Crippen LogP contribution in [-0.2, 0) is 12.8 Å². The Morgan fingerprint density at radius 1 is 1.58 bits per heavy atom. The Balaban J connectivity index is 2.34. The number of carbonyl (C=O) groups is 1. The van der Waals surface area contributed by atoms with Gasteiger partial charge in [-0.3, -0.25) is 0 Å². The lowest BCUT2D eigenvalue weighted by Crippen LogP contribution is -2.06. The molecule has 1 aliphatic carbocycles. The molecule has 12 heavy (non-hydrogen) atoms. The maximum atomic E-state index is 10.5. The summed E-state index contributed by atoms with van der Waals surface area (Å²) >= 11 is 0. The fourth-order valence-corrected chi connectivity index (χ4v) is 1.58. The zero-order chi connectivity index (χ0) is 8.72. The largest absolute Gasteiger partial charge is 0.477 e. The molecule has 4 nitrogen and oxygen atoms in total. The number of aromatic amines is 1. The number of rotatable bonds is 1. The molecule has 1 atom stereocenters.